The fraction of sp³-hybridized carbons (Fsp3) is 0.235. The largest absolute Gasteiger partial charge is 0.493 e. The number of para-hydroxylation sites is 2. The zero-order chi connectivity index (χ0) is 27.8. The normalized spacial score (nSPS) is 28.9. The summed E-state index contributed by atoms with van der Waals surface area (Å²) in [6.07, 6.45) is -1.08. The van der Waals surface area contributed by atoms with Crippen molar-refractivity contribution >= 4 is 17.5 Å². The average Bonchev–Trinajstić information content (AvgIpc) is 3.59. The van der Waals surface area contributed by atoms with Crippen LogP contribution in [0.25, 0.3) is 0 Å². The molecule has 0 aliphatic carbocycles. The van der Waals surface area contributed by atoms with Gasteiger partial charge in [-0.2, -0.15) is 0 Å². The molecular weight excluding hydrogens is 516 g/mol. The fourth-order valence-corrected chi connectivity index (χ4v) is 7.59. The molecule has 204 valence electrons. The summed E-state index contributed by atoms with van der Waals surface area (Å²) in [6, 6.07) is 33.4. The lowest BCUT2D eigenvalue weighted by Gasteiger charge is -2.44. The first-order valence-corrected chi connectivity index (χ1v) is 13.9. The minimum absolute atomic E-state index is 0.131. The summed E-state index contributed by atoms with van der Waals surface area (Å²) in [5, 5.41) is 3.32. The number of anilines is 1. The van der Waals surface area contributed by atoms with Gasteiger partial charge in [-0.3, -0.25) is 9.59 Å². The van der Waals surface area contributed by atoms with Crippen LogP contribution in [0.5, 0.6) is 11.5 Å². The van der Waals surface area contributed by atoms with Crippen molar-refractivity contribution in [2.75, 3.05) is 12.0 Å². The second-order valence-corrected chi connectivity index (χ2v) is 11.1. The minimum Gasteiger partial charge on any atom is -0.493 e. The molecule has 7 nitrogen and oxygen atoms in total. The maximum Gasteiger partial charge on any atom is 0.265 e. The number of carbonyl (C=O) groups excluding carboxylic acids is 2. The van der Waals surface area contributed by atoms with Crippen LogP contribution >= 0.6 is 0 Å². The molecule has 8 rings (SSSR count). The van der Waals surface area contributed by atoms with E-state index in [0.29, 0.717) is 18.0 Å². The van der Waals surface area contributed by atoms with Crippen molar-refractivity contribution in [3.8, 4) is 11.5 Å². The van der Waals surface area contributed by atoms with Gasteiger partial charge < -0.3 is 24.4 Å². The molecule has 2 saturated heterocycles. The van der Waals surface area contributed by atoms with Gasteiger partial charge in [0.05, 0.1) is 31.7 Å². The van der Waals surface area contributed by atoms with E-state index in [2.05, 4.69) is 5.32 Å². The standard InChI is InChI=1S/C34H28N2O5/c1-39-26-18-10-15-23-29(26)40-27-19-28(37)35-33(27)30(22-13-6-3-7-14-22)34(41-31(23)33)24-16-8-9-17-25(24)36(32(34)38)20-21-11-4-2-5-12-21/h2-18,27,30-31H,19-20H2,1H3,(H,35,37)/t27-,30+,31+,33-,34-/m1/s1. The van der Waals surface area contributed by atoms with Gasteiger partial charge in [0.1, 0.15) is 17.7 Å². The van der Waals surface area contributed by atoms with Crippen molar-refractivity contribution in [3.63, 3.8) is 0 Å². The van der Waals surface area contributed by atoms with Crippen LogP contribution in [-0.4, -0.2) is 30.6 Å². The van der Waals surface area contributed by atoms with Gasteiger partial charge in [-0.25, -0.2) is 0 Å². The first-order valence-electron chi connectivity index (χ1n) is 13.9. The number of methoxy groups -OCH3 is 1. The quantitative estimate of drug-likeness (QED) is 0.391. The Balaban J connectivity index is 1.40. The molecule has 2 amide bonds. The lowest BCUT2D eigenvalue weighted by molar-refractivity contribution is -0.144. The van der Waals surface area contributed by atoms with Gasteiger partial charge in [0.2, 0.25) is 5.91 Å². The molecule has 0 radical (unpaired) electrons. The van der Waals surface area contributed by atoms with Gasteiger partial charge in [0.15, 0.2) is 17.1 Å². The SMILES string of the molecule is COc1cccc2c1O[C@@H]1CC(=O)N[C@]13[C@H]2O[C@@]1(C(=O)N(Cc2ccccc2)c2ccccc21)[C@H]3c1ccccc1. The Kier molecular flexibility index (Phi) is 5.13. The fourth-order valence-electron chi connectivity index (χ4n) is 7.59. The van der Waals surface area contributed by atoms with Crippen LogP contribution in [-0.2, 0) is 26.5 Å². The second kappa shape index (κ2) is 8.69. The number of ether oxygens (including phenoxy) is 3. The van der Waals surface area contributed by atoms with E-state index in [4.69, 9.17) is 14.2 Å². The molecule has 41 heavy (non-hydrogen) atoms. The number of fused-ring (bicyclic) bond motifs is 4. The summed E-state index contributed by atoms with van der Waals surface area (Å²) < 4.78 is 19.5. The molecule has 7 heteroatoms. The minimum atomic E-state index is -1.40. The maximum atomic E-state index is 15.0. The molecule has 4 aromatic carbocycles. The van der Waals surface area contributed by atoms with E-state index in [1.54, 1.807) is 7.11 Å². The molecule has 4 heterocycles. The second-order valence-electron chi connectivity index (χ2n) is 11.1. The van der Waals surface area contributed by atoms with E-state index in [0.717, 1.165) is 27.9 Å². The Morgan fingerprint density at radius 1 is 0.902 bits per heavy atom. The predicted octanol–water partition coefficient (Wildman–Crippen LogP) is 5.01. The number of amides is 2. The summed E-state index contributed by atoms with van der Waals surface area (Å²) in [4.78, 5) is 30.2. The zero-order valence-electron chi connectivity index (χ0n) is 22.4. The first-order chi connectivity index (χ1) is 20.1. The summed E-state index contributed by atoms with van der Waals surface area (Å²) in [7, 11) is 1.60. The Bertz CT molecular complexity index is 1690. The Morgan fingerprint density at radius 3 is 2.41 bits per heavy atom. The molecule has 0 unspecified atom stereocenters. The number of nitrogens with zero attached hydrogens (tertiary/aromatic N) is 1. The lowest BCUT2D eigenvalue weighted by atomic mass is 9.65. The highest BCUT2D eigenvalue weighted by Gasteiger charge is 2.77. The molecule has 0 aromatic heterocycles. The van der Waals surface area contributed by atoms with E-state index in [9.17, 15) is 4.79 Å². The van der Waals surface area contributed by atoms with E-state index < -0.39 is 29.3 Å². The number of rotatable bonds is 4. The predicted molar refractivity (Wildman–Crippen MR) is 152 cm³/mol. The number of nitrogens with one attached hydrogen (secondary N) is 1. The van der Waals surface area contributed by atoms with Crippen molar-refractivity contribution in [3.05, 3.63) is 125 Å². The monoisotopic (exact) mass is 544 g/mol. The maximum absolute atomic E-state index is 15.0. The van der Waals surface area contributed by atoms with Crippen LogP contribution < -0.4 is 19.7 Å². The molecule has 4 aliphatic rings. The molecule has 2 fully saturated rings. The number of benzene rings is 4. The van der Waals surface area contributed by atoms with Gasteiger partial charge >= 0.3 is 0 Å². The van der Waals surface area contributed by atoms with Crippen molar-refractivity contribution in [1.82, 2.24) is 5.32 Å². The molecule has 0 saturated carbocycles. The zero-order valence-corrected chi connectivity index (χ0v) is 22.4. The van der Waals surface area contributed by atoms with Crippen LogP contribution in [0.1, 0.15) is 40.7 Å². The van der Waals surface area contributed by atoms with Crippen LogP contribution in [0, 0.1) is 0 Å². The van der Waals surface area contributed by atoms with E-state index in [1.165, 1.54) is 0 Å². The third-order valence-electron chi connectivity index (χ3n) is 9.13. The topological polar surface area (TPSA) is 77.1 Å². The Morgan fingerprint density at radius 2 is 1.63 bits per heavy atom. The van der Waals surface area contributed by atoms with Gasteiger partial charge in [0.25, 0.3) is 5.91 Å². The summed E-state index contributed by atoms with van der Waals surface area (Å²) in [5.74, 6) is 0.283. The van der Waals surface area contributed by atoms with Crippen molar-refractivity contribution in [1.29, 1.82) is 0 Å². The van der Waals surface area contributed by atoms with Crippen LogP contribution in [0.4, 0.5) is 5.69 Å². The lowest BCUT2D eigenvalue weighted by Crippen LogP contribution is -2.60. The van der Waals surface area contributed by atoms with Crippen molar-refractivity contribution in [2.45, 2.75) is 42.2 Å². The smallest absolute Gasteiger partial charge is 0.265 e. The van der Waals surface area contributed by atoms with Gasteiger partial charge in [0, 0.05) is 11.1 Å². The summed E-state index contributed by atoms with van der Waals surface area (Å²) in [6.45, 7) is 0.400. The van der Waals surface area contributed by atoms with E-state index in [1.807, 2.05) is 108 Å². The van der Waals surface area contributed by atoms with Crippen LogP contribution in [0.15, 0.2) is 103 Å². The van der Waals surface area contributed by atoms with Crippen molar-refractivity contribution < 1.29 is 23.8 Å². The summed E-state index contributed by atoms with van der Waals surface area (Å²) in [5.41, 5.74) is 1.86. The number of hydrogen-bond acceptors (Lipinski definition) is 5. The molecule has 5 atom stereocenters. The highest BCUT2D eigenvalue weighted by Crippen LogP contribution is 2.69. The molecule has 0 bridgehead atoms. The molecular formula is C34H28N2O5. The first kappa shape index (κ1) is 24.2. The van der Waals surface area contributed by atoms with Gasteiger partial charge in [-0.05, 0) is 23.3 Å². The van der Waals surface area contributed by atoms with Crippen LogP contribution in [0.3, 0.4) is 0 Å². The molecule has 2 spiro atoms. The highest BCUT2D eigenvalue weighted by atomic mass is 16.6. The third kappa shape index (κ3) is 3.12. The van der Waals surface area contributed by atoms with Gasteiger partial charge in [-0.1, -0.05) is 91.0 Å². The van der Waals surface area contributed by atoms with E-state index >= 15 is 4.79 Å². The number of carbonyl (C=O) groups is 2. The van der Waals surface area contributed by atoms with Gasteiger partial charge in [-0.15, -0.1) is 0 Å². The molecule has 4 aromatic rings. The Hall–Kier alpha value is -4.62. The summed E-state index contributed by atoms with van der Waals surface area (Å²) >= 11 is 0. The number of hydrogen-bond donors (Lipinski definition) is 1. The Labute approximate surface area is 237 Å². The van der Waals surface area contributed by atoms with E-state index in [-0.39, 0.29) is 18.2 Å². The molecule has 1 N–H and O–H groups in total. The molecule has 4 aliphatic heterocycles. The average molecular weight is 545 g/mol. The van der Waals surface area contributed by atoms with Crippen LogP contribution in [0.2, 0.25) is 0 Å². The third-order valence-corrected chi connectivity index (χ3v) is 9.13. The van der Waals surface area contributed by atoms with Crippen molar-refractivity contribution in [2.24, 2.45) is 0 Å². The highest BCUT2D eigenvalue weighted by molar-refractivity contribution is 6.08.